The predicted octanol–water partition coefficient (Wildman–Crippen LogP) is 3.58. The van der Waals surface area contributed by atoms with E-state index >= 15 is 0 Å². The molecule has 0 aliphatic heterocycles. The van der Waals surface area contributed by atoms with Gasteiger partial charge in [0.05, 0.1) is 10.6 Å². The van der Waals surface area contributed by atoms with E-state index in [4.69, 9.17) is 0 Å². The van der Waals surface area contributed by atoms with E-state index in [-0.39, 0.29) is 16.5 Å². The van der Waals surface area contributed by atoms with Crippen LogP contribution in [0.5, 0.6) is 0 Å². The van der Waals surface area contributed by atoms with Crippen molar-refractivity contribution in [3.63, 3.8) is 0 Å². The molecule has 0 saturated heterocycles. The van der Waals surface area contributed by atoms with Crippen LogP contribution < -0.4 is 10.0 Å². The Bertz CT molecular complexity index is 957. The van der Waals surface area contributed by atoms with E-state index in [9.17, 15) is 26.4 Å². The van der Waals surface area contributed by atoms with Crippen molar-refractivity contribution in [1.82, 2.24) is 4.72 Å². The molecular weight excluding hydrogens is 381 g/mol. The number of benzene rings is 2. The van der Waals surface area contributed by atoms with E-state index in [2.05, 4.69) is 10.0 Å². The first-order valence-electron chi connectivity index (χ1n) is 8.35. The summed E-state index contributed by atoms with van der Waals surface area (Å²) in [6.45, 7) is 0. The molecule has 9 heteroatoms. The molecule has 0 atom stereocenters. The summed E-state index contributed by atoms with van der Waals surface area (Å²) in [6, 6.07) is 6.54. The van der Waals surface area contributed by atoms with Gasteiger partial charge in [-0.15, -0.1) is 0 Å². The van der Waals surface area contributed by atoms with Crippen LogP contribution in [0.25, 0.3) is 0 Å². The summed E-state index contributed by atoms with van der Waals surface area (Å²) in [5, 5.41) is 2.13. The second kappa shape index (κ2) is 7.69. The minimum atomic E-state index is -3.70. The Morgan fingerprint density at radius 1 is 0.926 bits per heavy atom. The summed E-state index contributed by atoms with van der Waals surface area (Å²) in [5.74, 6) is -5.35. The molecule has 27 heavy (non-hydrogen) atoms. The Hall–Kier alpha value is -2.39. The zero-order chi connectivity index (χ0) is 19.6. The van der Waals surface area contributed by atoms with Gasteiger partial charge in [-0.05, 0) is 49.2 Å². The Balaban J connectivity index is 1.73. The van der Waals surface area contributed by atoms with Crippen molar-refractivity contribution in [2.45, 2.75) is 36.6 Å². The topological polar surface area (TPSA) is 75.3 Å². The molecule has 0 heterocycles. The van der Waals surface area contributed by atoms with Gasteiger partial charge in [-0.3, -0.25) is 4.79 Å². The van der Waals surface area contributed by atoms with Gasteiger partial charge in [0.1, 0.15) is 0 Å². The molecule has 0 unspecified atom stereocenters. The van der Waals surface area contributed by atoms with Gasteiger partial charge in [-0.25, -0.2) is 26.3 Å². The molecule has 2 N–H and O–H groups in total. The zero-order valence-corrected chi connectivity index (χ0v) is 15.0. The normalized spacial score (nSPS) is 15.1. The number of anilines is 1. The fourth-order valence-electron chi connectivity index (χ4n) is 2.93. The number of carbonyl (C=O) groups is 1. The van der Waals surface area contributed by atoms with Gasteiger partial charge < -0.3 is 5.32 Å². The minimum absolute atomic E-state index is 0.00459. The number of hydrogen-bond acceptors (Lipinski definition) is 3. The van der Waals surface area contributed by atoms with E-state index in [1.54, 1.807) is 0 Å². The summed E-state index contributed by atoms with van der Waals surface area (Å²) in [6.07, 6.45) is 3.54. The van der Waals surface area contributed by atoms with Crippen LogP contribution in [0.4, 0.5) is 18.9 Å². The third kappa shape index (κ3) is 4.30. The number of halogens is 3. The molecule has 0 bridgehead atoms. The van der Waals surface area contributed by atoms with Gasteiger partial charge >= 0.3 is 0 Å². The molecule has 1 aliphatic carbocycles. The first-order valence-corrected chi connectivity index (χ1v) is 9.83. The van der Waals surface area contributed by atoms with Crippen LogP contribution in [-0.2, 0) is 10.0 Å². The number of nitrogens with one attached hydrogen (secondary N) is 2. The van der Waals surface area contributed by atoms with Crippen molar-refractivity contribution in [2.24, 2.45) is 0 Å². The smallest absolute Gasteiger partial charge is 0.255 e. The quantitative estimate of drug-likeness (QED) is 0.756. The van der Waals surface area contributed by atoms with Crippen LogP contribution in [0, 0.1) is 17.5 Å². The Labute approximate surface area is 154 Å². The van der Waals surface area contributed by atoms with Crippen LogP contribution in [-0.4, -0.2) is 20.4 Å². The predicted molar refractivity (Wildman–Crippen MR) is 93.3 cm³/mol. The Morgan fingerprint density at radius 2 is 1.56 bits per heavy atom. The molecule has 1 fully saturated rings. The van der Waals surface area contributed by atoms with Gasteiger partial charge in [0.15, 0.2) is 17.5 Å². The average molecular weight is 398 g/mol. The molecule has 0 aromatic heterocycles. The highest BCUT2D eigenvalue weighted by Crippen LogP contribution is 2.22. The lowest BCUT2D eigenvalue weighted by molar-refractivity contribution is 0.102. The summed E-state index contributed by atoms with van der Waals surface area (Å²) >= 11 is 0. The van der Waals surface area contributed by atoms with Gasteiger partial charge in [-0.2, -0.15) is 0 Å². The summed E-state index contributed by atoms with van der Waals surface area (Å²) in [4.78, 5) is 12.1. The van der Waals surface area contributed by atoms with Crippen molar-refractivity contribution in [2.75, 3.05) is 5.32 Å². The van der Waals surface area contributed by atoms with E-state index in [1.165, 1.54) is 24.3 Å². The van der Waals surface area contributed by atoms with Crippen molar-refractivity contribution in [3.8, 4) is 0 Å². The molecule has 1 aliphatic rings. The van der Waals surface area contributed by atoms with Gasteiger partial charge in [-0.1, -0.05) is 12.8 Å². The maximum Gasteiger partial charge on any atom is 0.255 e. The lowest BCUT2D eigenvalue weighted by atomic mass is 10.2. The summed E-state index contributed by atoms with van der Waals surface area (Å²) in [5.41, 5.74) is -0.475. The number of hydrogen-bond donors (Lipinski definition) is 2. The summed E-state index contributed by atoms with van der Waals surface area (Å²) in [7, 11) is -3.70. The maximum absolute atomic E-state index is 13.6. The van der Waals surface area contributed by atoms with Crippen LogP contribution in [0.15, 0.2) is 41.3 Å². The second-order valence-electron chi connectivity index (χ2n) is 6.30. The Kier molecular flexibility index (Phi) is 5.52. The summed E-state index contributed by atoms with van der Waals surface area (Å²) < 4.78 is 67.1. The molecule has 2 aromatic carbocycles. The number of amides is 1. The third-order valence-corrected chi connectivity index (χ3v) is 5.92. The molecule has 2 aromatic rings. The van der Waals surface area contributed by atoms with Crippen molar-refractivity contribution in [1.29, 1.82) is 0 Å². The fraction of sp³-hybridized carbons (Fsp3) is 0.278. The highest BCUT2D eigenvalue weighted by Gasteiger charge is 2.23. The number of sulfonamides is 1. The van der Waals surface area contributed by atoms with Crippen molar-refractivity contribution in [3.05, 3.63) is 59.4 Å². The van der Waals surface area contributed by atoms with Crippen molar-refractivity contribution >= 4 is 21.6 Å². The van der Waals surface area contributed by atoms with Gasteiger partial charge in [0.2, 0.25) is 10.0 Å². The van der Waals surface area contributed by atoms with Gasteiger partial charge in [0, 0.05) is 11.6 Å². The van der Waals surface area contributed by atoms with Gasteiger partial charge in [0.25, 0.3) is 5.91 Å². The molecule has 0 radical (unpaired) electrons. The monoisotopic (exact) mass is 398 g/mol. The average Bonchev–Trinajstić information content (AvgIpc) is 3.14. The van der Waals surface area contributed by atoms with Crippen LogP contribution in [0.1, 0.15) is 36.0 Å². The molecule has 5 nitrogen and oxygen atoms in total. The molecule has 0 spiro atoms. The first-order chi connectivity index (χ1) is 12.8. The van der Waals surface area contributed by atoms with Crippen molar-refractivity contribution < 1.29 is 26.4 Å². The molecule has 144 valence electrons. The molecule has 1 amide bonds. The number of carbonyl (C=O) groups excluding carboxylic acids is 1. The lowest BCUT2D eigenvalue weighted by Crippen LogP contribution is -2.32. The number of rotatable bonds is 5. The maximum atomic E-state index is 13.6. The minimum Gasteiger partial charge on any atom is -0.319 e. The fourth-order valence-corrected chi connectivity index (χ4v) is 4.24. The highest BCUT2D eigenvalue weighted by atomic mass is 32.2. The lowest BCUT2D eigenvalue weighted by Gasteiger charge is -2.13. The van der Waals surface area contributed by atoms with E-state index in [0.717, 1.165) is 31.7 Å². The SMILES string of the molecule is O=C(Nc1ccc(F)c(F)c1F)c1ccc(S(=O)(=O)NC2CCCC2)cc1. The largest absolute Gasteiger partial charge is 0.319 e. The molecule has 1 saturated carbocycles. The van der Waals surface area contributed by atoms with E-state index in [0.29, 0.717) is 6.07 Å². The van der Waals surface area contributed by atoms with Crippen LogP contribution in [0.3, 0.4) is 0 Å². The molecule has 3 rings (SSSR count). The van der Waals surface area contributed by atoms with Crippen LogP contribution >= 0.6 is 0 Å². The first kappa shape index (κ1) is 19.4. The zero-order valence-electron chi connectivity index (χ0n) is 14.1. The van der Waals surface area contributed by atoms with E-state index in [1.807, 2.05) is 0 Å². The van der Waals surface area contributed by atoms with E-state index < -0.39 is 39.1 Å². The third-order valence-electron chi connectivity index (χ3n) is 4.39. The van der Waals surface area contributed by atoms with Crippen LogP contribution in [0.2, 0.25) is 0 Å². The standard InChI is InChI=1S/C18H17F3N2O3S/c19-14-9-10-15(17(21)16(14)20)22-18(24)11-5-7-13(8-6-11)27(25,26)23-12-3-1-2-4-12/h5-10,12,23H,1-4H2,(H,22,24). The second-order valence-corrected chi connectivity index (χ2v) is 8.02. The molecular formula is C18H17F3N2O3S. The Morgan fingerprint density at radius 3 is 2.19 bits per heavy atom. The highest BCUT2D eigenvalue weighted by molar-refractivity contribution is 7.89.